The van der Waals surface area contributed by atoms with Crippen LogP contribution in [0.15, 0.2) is 60.9 Å². The minimum absolute atomic E-state index is 0.489. The fourth-order valence-electron chi connectivity index (χ4n) is 2.46. The van der Waals surface area contributed by atoms with Crippen molar-refractivity contribution in [1.82, 2.24) is 9.97 Å². The molecule has 0 amide bonds. The highest BCUT2D eigenvalue weighted by Gasteiger charge is 2.13. The summed E-state index contributed by atoms with van der Waals surface area (Å²) in [4.78, 5) is 10.5. The van der Waals surface area contributed by atoms with Gasteiger partial charge in [-0.15, -0.1) is 0 Å². The van der Waals surface area contributed by atoms with E-state index in [0.29, 0.717) is 23.9 Å². The van der Waals surface area contributed by atoms with Gasteiger partial charge in [-0.2, -0.15) is 0 Å². The molecule has 3 aromatic rings. The zero-order valence-corrected chi connectivity index (χ0v) is 14.3. The standard InChI is InChI=1S/C19H21N5O/c1-3-25-16-11-9-14(10-12-16)23-18-17(20)19(22-13-21-18)24(2)15-7-5-4-6-8-15/h4-13H,3,20H2,1-2H3,(H,21,22,23). The molecule has 0 saturated heterocycles. The second-order valence-electron chi connectivity index (χ2n) is 5.44. The molecular weight excluding hydrogens is 314 g/mol. The highest BCUT2D eigenvalue weighted by molar-refractivity contribution is 5.81. The first kappa shape index (κ1) is 16.6. The van der Waals surface area contributed by atoms with E-state index in [1.54, 1.807) is 0 Å². The second kappa shape index (κ2) is 7.53. The minimum atomic E-state index is 0.489. The Kier molecular flexibility index (Phi) is 4.99. The molecule has 1 heterocycles. The SMILES string of the molecule is CCOc1ccc(Nc2ncnc(N(C)c3ccccc3)c2N)cc1. The van der Waals surface area contributed by atoms with Gasteiger partial charge in [0.2, 0.25) is 0 Å². The number of anilines is 5. The second-order valence-corrected chi connectivity index (χ2v) is 5.44. The lowest BCUT2D eigenvalue weighted by Crippen LogP contribution is -2.15. The molecule has 0 spiro atoms. The third kappa shape index (κ3) is 3.80. The molecule has 0 atom stereocenters. The lowest BCUT2D eigenvalue weighted by Gasteiger charge is -2.21. The van der Waals surface area contributed by atoms with Gasteiger partial charge in [-0.25, -0.2) is 9.97 Å². The Hall–Kier alpha value is -3.28. The maximum atomic E-state index is 6.29. The summed E-state index contributed by atoms with van der Waals surface area (Å²) in [5, 5.41) is 3.23. The molecule has 1 aromatic heterocycles. The Morgan fingerprint density at radius 1 is 1.04 bits per heavy atom. The smallest absolute Gasteiger partial charge is 0.161 e. The molecule has 0 unspecified atom stereocenters. The predicted octanol–water partition coefficient (Wildman–Crippen LogP) is 3.97. The molecule has 2 aromatic carbocycles. The summed E-state index contributed by atoms with van der Waals surface area (Å²) >= 11 is 0. The van der Waals surface area contributed by atoms with Crippen LogP contribution in [-0.2, 0) is 0 Å². The van der Waals surface area contributed by atoms with Gasteiger partial charge in [-0.1, -0.05) is 18.2 Å². The van der Waals surface area contributed by atoms with E-state index < -0.39 is 0 Å². The molecule has 0 radical (unpaired) electrons. The molecule has 128 valence electrons. The molecule has 0 fully saturated rings. The Labute approximate surface area is 147 Å². The van der Waals surface area contributed by atoms with Gasteiger partial charge in [0.1, 0.15) is 17.8 Å². The van der Waals surface area contributed by atoms with Gasteiger partial charge in [-0.05, 0) is 43.3 Å². The molecule has 0 saturated carbocycles. The molecule has 0 bridgehead atoms. The van der Waals surface area contributed by atoms with Crippen LogP contribution < -0.4 is 20.7 Å². The number of nitrogen functional groups attached to an aromatic ring is 1. The number of aromatic nitrogens is 2. The molecule has 0 aliphatic carbocycles. The third-order valence-electron chi connectivity index (χ3n) is 3.75. The van der Waals surface area contributed by atoms with Crippen LogP contribution in [0.3, 0.4) is 0 Å². The summed E-state index contributed by atoms with van der Waals surface area (Å²) in [5.41, 5.74) is 8.66. The van der Waals surface area contributed by atoms with E-state index in [-0.39, 0.29) is 0 Å². The summed E-state index contributed by atoms with van der Waals surface area (Å²) in [5.74, 6) is 2.04. The molecule has 0 aliphatic rings. The number of hydrogen-bond acceptors (Lipinski definition) is 6. The fourth-order valence-corrected chi connectivity index (χ4v) is 2.46. The van der Waals surface area contributed by atoms with Gasteiger partial charge in [0.05, 0.1) is 6.61 Å². The highest BCUT2D eigenvalue weighted by Crippen LogP contribution is 2.31. The Morgan fingerprint density at radius 2 is 1.76 bits per heavy atom. The largest absolute Gasteiger partial charge is 0.494 e. The summed E-state index contributed by atoms with van der Waals surface area (Å²) in [6, 6.07) is 17.6. The van der Waals surface area contributed by atoms with Crippen LogP contribution >= 0.6 is 0 Å². The van der Waals surface area contributed by atoms with Crippen molar-refractivity contribution in [2.45, 2.75) is 6.92 Å². The van der Waals surface area contributed by atoms with Crippen molar-refractivity contribution in [2.24, 2.45) is 0 Å². The Morgan fingerprint density at radius 3 is 2.44 bits per heavy atom. The first-order chi connectivity index (χ1) is 12.2. The quantitative estimate of drug-likeness (QED) is 0.710. The number of rotatable bonds is 6. The number of nitrogens with one attached hydrogen (secondary N) is 1. The van der Waals surface area contributed by atoms with Crippen LogP contribution in [0, 0.1) is 0 Å². The van der Waals surface area contributed by atoms with Gasteiger partial charge >= 0.3 is 0 Å². The van der Waals surface area contributed by atoms with Crippen molar-refractivity contribution in [3.63, 3.8) is 0 Å². The van der Waals surface area contributed by atoms with Gasteiger partial charge in [0, 0.05) is 18.4 Å². The maximum absolute atomic E-state index is 6.29. The number of hydrogen-bond donors (Lipinski definition) is 2. The number of nitrogens with two attached hydrogens (primary N) is 1. The molecular formula is C19H21N5O. The van der Waals surface area contributed by atoms with Crippen molar-refractivity contribution in [2.75, 3.05) is 29.6 Å². The lowest BCUT2D eigenvalue weighted by atomic mass is 10.2. The average Bonchev–Trinajstić information content (AvgIpc) is 2.65. The zero-order chi connectivity index (χ0) is 17.6. The molecule has 0 aliphatic heterocycles. The zero-order valence-electron chi connectivity index (χ0n) is 14.3. The first-order valence-electron chi connectivity index (χ1n) is 8.08. The van der Waals surface area contributed by atoms with Crippen molar-refractivity contribution < 1.29 is 4.74 Å². The van der Waals surface area contributed by atoms with Gasteiger partial charge in [0.15, 0.2) is 11.6 Å². The number of ether oxygens (including phenoxy) is 1. The van der Waals surface area contributed by atoms with Crippen LogP contribution in [0.25, 0.3) is 0 Å². The van der Waals surface area contributed by atoms with E-state index in [4.69, 9.17) is 10.5 Å². The van der Waals surface area contributed by atoms with Crippen LogP contribution in [0.4, 0.5) is 28.7 Å². The van der Waals surface area contributed by atoms with Gasteiger partial charge in [0.25, 0.3) is 0 Å². The third-order valence-corrected chi connectivity index (χ3v) is 3.75. The van der Waals surface area contributed by atoms with Crippen molar-refractivity contribution >= 4 is 28.7 Å². The first-order valence-corrected chi connectivity index (χ1v) is 8.08. The normalized spacial score (nSPS) is 10.3. The predicted molar refractivity (Wildman–Crippen MR) is 102 cm³/mol. The molecule has 3 rings (SSSR count). The van der Waals surface area contributed by atoms with Crippen LogP contribution in [0.5, 0.6) is 5.75 Å². The van der Waals surface area contributed by atoms with Crippen LogP contribution in [0.2, 0.25) is 0 Å². The maximum Gasteiger partial charge on any atom is 0.161 e. The highest BCUT2D eigenvalue weighted by atomic mass is 16.5. The lowest BCUT2D eigenvalue weighted by molar-refractivity contribution is 0.340. The summed E-state index contributed by atoms with van der Waals surface area (Å²) in [7, 11) is 1.93. The van der Waals surface area contributed by atoms with Gasteiger partial charge in [-0.3, -0.25) is 0 Å². The fraction of sp³-hybridized carbons (Fsp3) is 0.158. The topological polar surface area (TPSA) is 76.3 Å². The number of para-hydroxylation sites is 1. The van der Waals surface area contributed by atoms with Crippen LogP contribution in [-0.4, -0.2) is 23.6 Å². The van der Waals surface area contributed by atoms with Crippen LogP contribution in [0.1, 0.15) is 6.92 Å². The minimum Gasteiger partial charge on any atom is -0.494 e. The molecule has 3 N–H and O–H groups in total. The number of nitrogens with zero attached hydrogens (tertiary/aromatic N) is 3. The summed E-state index contributed by atoms with van der Waals surface area (Å²) in [6.45, 7) is 2.60. The van der Waals surface area contributed by atoms with E-state index in [2.05, 4.69) is 15.3 Å². The Bertz CT molecular complexity index is 821. The summed E-state index contributed by atoms with van der Waals surface area (Å²) in [6.07, 6.45) is 1.50. The number of benzene rings is 2. The van der Waals surface area contributed by atoms with E-state index in [9.17, 15) is 0 Å². The van der Waals surface area contributed by atoms with Gasteiger partial charge < -0.3 is 20.7 Å². The monoisotopic (exact) mass is 335 g/mol. The van der Waals surface area contributed by atoms with E-state index in [1.807, 2.05) is 73.5 Å². The van der Waals surface area contributed by atoms with E-state index in [0.717, 1.165) is 17.1 Å². The molecule has 6 heteroatoms. The molecule has 6 nitrogen and oxygen atoms in total. The van der Waals surface area contributed by atoms with E-state index in [1.165, 1.54) is 6.33 Å². The Balaban J connectivity index is 1.83. The summed E-state index contributed by atoms with van der Waals surface area (Å²) < 4.78 is 5.45. The van der Waals surface area contributed by atoms with Crippen molar-refractivity contribution in [3.8, 4) is 5.75 Å². The van der Waals surface area contributed by atoms with Crippen molar-refractivity contribution in [1.29, 1.82) is 0 Å². The molecule has 25 heavy (non-hydrogen) atoms. The van der Waals surface area contributed by atoms with Crippen molar-refractivity contribution in [3.05, 3.63) is 60.9 Å². The van der Waals surface area contributed by atoms with E-state index >= 15 is 0 Å². The average molecular weight is 335 g/mol.